The first-order valence-electron chi connectivity index (χ1n) is 12.3. The van der Waals surface area contributed by atoms with Crippen LogP contribution in [0.4, 0.5) is 4.39 Å². The van der Waals surface area contributed by atoms with E-state index < -0.39 is 14.2 Å². The summed E-state index contributed by atoms with van der Waals surface area (Å²) in [5.41, 5.74) is 7.59. The Labute approximate surface area is 214 Å². The molecule has 0 saturated heterocycles. The minimum Gasteiger partial charge on any atom is -0.489 e. The van der Waals surface area contributed by atoms with Crippen LogP contribution in [0.3, 0.4) is 0 Å². The van der Waals surface area contributed by atoms with Gasteiger partial charge in [0.05, 0.1) is 18.5 Å². The van der Waals surface area contributed by atoms with Crippen LogP contribution in [0.25, 0.3) is 0 Å². The van der Waals surface area contributed by atoms with Gasteiger partial charge in [-0.3, -0.25) is 4.79 Å². The largest absolute Gasteiger partial charge is 0.489 e. The van der Waals surface area contributed by atoms with E-state index in [1.165, 1.54) is 12.1 Å². The third-order valence-electron chi connectivity index (χ3n) is 7.04. The van der Waals surface area contributed by atoms with Crippen molar-refractivity contribution in [1.82, 2.24) is 9.55 Å². The molecule has 1 amide bonds. The average molecular weight is 512 g/mol. The molecular formula is C28H38FN3O3Si. The molecule has 0 aliphatic rings. The Balaban J connectivity index is 1.83. The zero-order valence-electron chi connectivity index (χ0n) is 22.1. The van der Waals surface area contributed by atoms with Gasteiger partial charge in [-0.2, -0.15) is 0 Å². The minimum atomic E-state index is -2.06. The summed E-state index contributed by atoms with van der Waals surface area (Å²) in [6.45, 7) is 13.5. The fraction of sp³-hybridized carbons (Fsp3) is 0.429. The number of carbonyl (C=O) groups excluding carboxylic acids is 1. The van der Waals surface area contributed by atoms with Gasteiger partial charge in [0, 0.05) is 12.3 Å². The molecule has 0 bridgehead atoms. The van der Waals surface area contributed by atoms with Gasteiger partial charge in [0.2, 0.25) is 0 Å². The lowest BCUT2D eigenvalue weighted by Gasteiger charge is -2.40. The number of ether oxygens (including phenoxy) is 1. The van der Waals surface area contributed by atoms with Crippen molar-refractivity contribution < 1.29 is 18.3 Å². The smallest absolute Gasteiger partial charge is 0.268 e. The lowest BCUT2D eigenvalue weighted by molar-refractivity contribution is 0.0995. The van der Waals surface area contributed by atoms with E-state index in [9.17, 15) is 9.18 Å². The molecule has 1 heterocycles. The number of hydrogen-bond donors (Lipinski definition) is 1. The number of benzene rings is 2. The van der Waals surface area contributed by atoms with E-state index in [1.54, 1.807) is 18.6 Å². The Kier molecular flexibility index (Phi) is 8.74. The van der Waals surface area contributed by atoms with Crippen molar-refractivity contribution in [2.24, 2.45) is 5.73 Å². The normalized spacial score (nSPS) is 13.9. The van der Waals surface area contributed by atoms with E-state index >= 15 is 0 Å². The van der Waals surface area contributed by atoms with Crippen LogP contribution < -0.4 is 10.5 Å². The second-order valence-corrected chi connectivity index (χ2v) is 15.5. The van der Waals surface area contributed by atoms with Gasteiger partial charge in [-0.1, -0.05) is 57.2 Å². The molecule has 2 unspecified atom stereocenters. The quantitative estimate of drug-likeness (QED) is 0.307. The summed E-state index contributed by atoms with van der Waals surface area (Å²) < 4.78 is 28.7. The summed E-state index contributed by atoms with van der Waals surface area (Å²) in [4.78, 5) is 15.9. The third-order valence-corrected chi connectivity index (χ3v) is 11.6. The molecule has 0 saturated carbocycles. The van der Waals surface area contributed by atoms with E-state index in [4.69, 9.17) is 14.9 Å². The molecule has 2 N–H and O–H groups in total. The van der Waals surface area contributed by atoms with Gasteiger partial charge in [-0.25, -0.2) is 9.37 Å². The summed E-state index contributed by atoms with van der Waals surface area (Å²) in [6.07, 6.45) is 4.47. The van der Waals surface area contributed by atoms with Crippen molar-refractivity contribution in [2.75, 3.05) is 0 Å². The summed E-state index contributed by atoms with van der Waals surface area (Å²) in [6, 6.07) is 14.4. The molecule has 0 fully saturated rings. The van der Waals surface area contributed by atoms with E-state index in [2.05, 4.69) is 45.8 Å². The second kappa shape index (κ2) is 11.4. The third kappa shape index (κ3) is 7.04. The first-order chi connectivity index (χ1) is 16.9. The molecule has 0 aliphatic carbocycles. The number of imidazole rings is 1. The van der Waals surface area contributed by atoms with Gasteiger partial charge in [0.15, 0.2) is 8.32 Å². The zero-order chi connectivity index (χ0) is 26.5. The Morgan fingerprint density at radius 1 is 1.17 bits per heavy atom. The maximum atomic E-state index is 14.1. The van der Waals surface area contributed by atoms with E-state index in [0.29, 0.717) is 25.2 Å². The average Bonchev–Trinajstić information content (AvgIpc) is 3.29. The molecule has 8 heteroatoms. The number of primary amides is 1. The Bertz CT molecular complexity index is 1160. The van der Waals surface area contributed by atoms with Crippen LogP contribution in [0.2, 0.25) is 18.1 Å². The van der Waals surface area contributed by atoms with Crippen molar-refractivity contribution in [3.05, 3.63) is 83.7 Å². The molecule has 1 aromatic heterocycles. The molecule has 6 nitrogen and oxygen atoms in total. The second-order valence-electron chi connectivity index (χ2n) is 10.8. The van der Waals surface area contributed by atoms with Crippen LogP contribution >= 0.6 is 0 Å². The number of aryl methyl sites for hydroxylation is 1. The number of halogens is 1. The molecule has 3 aromatic rings. The van der Waals surface area contributed by atoms with Gasteiger partial charge in [-0.15, -0.1) is 0 Å². The van der Waals surface area contributed by atoms with Crippen molar-refractivity contribution in [3.63, 3.8) is 0 Å². The predicted molar refractivity (Wildman–Crippen MR) is 143 cm³/mol. The fourth-order valence-corrected chi connectivity index (χ4v) is 5.34. The lowest BCUT2D eigenvalue weighted by atomic mass is 10.0. The van der Waals surface area contributed by atoms with Crippen LogP contribution in [0.15, 0.2) is 61.1 Å². The molecule has 194 valence electrons. The van der Waals surface area contributed by atoms with Gasteiger partial charge in [0.25, 0.3) is 5.91 Å². The maximum Gasteiger partial charge on any atom is 0.268 e. The SMILES string of the molecule is CC(O[Si](C)(C)C(C)(C)C)C(CCc1ccc(F)cc1OCc1ccccc1)n1cnc(C(N)=O)c1. The van der Waals surface area contributed by atoms with Crippen LogP contribution in [0.5, 0.6) is 5.75 Å². The van der Waals surface area contributed by atoms with Gasteiger partial charge < -0.3 is 19.5 Å². The molecule has 3 rings (SSSR count). The molecule has 36 heavy (non-hydrogen) atoms. The summed E-state index contributed by atoms with van der Waals surface area (Å²) in [7, 11) is -2.06. The first kappa shape index (κ1) is 27.6. The standard InChI is InChI=1S/C28H38FN3O3Si/c1-20(35-36(5,6)28(2,3)4)25(32-17-24(27(30)33)31-19-32)15-13-22-12-14-23(29)16-26(22)34-18-21-10-8-7-9-11-21/h7-12,14,16-17,19-20,25H,13,15,18H2,1-6H3,(H2,30,33). The van der Waals surface area contributed by atoms with Gasteiger partial charge in [-0.05, 0) is 55.1 Å². The van der Waals surface area contributed by atoms with Gasteiger partial charge >= 0.3 is 0 Å². The number of nitrogens with zero attached hydrogens (tertiary/aromatic N) is 2. The molecule has 2 aromatic carbocycles. The van der Waals surface area contributed by atoms with Crippen molar-refractivity contribution >= 4 is 14.2 Å². The summed E-state index contributed by atoms with van der Waals surface area (Å²) in [5.74, 6) is -0.381. The van der Waals surface area contributed by atoms with Crippen LogP contribution in [0.1, 0.15) is 61.8 Å². The fourth-order valence-electron chi connectivity index (χ4n) is 3.90. The highest BCUT2D eigenvalue weighted by molar-refractivity contribution is 6.74. The van der Waals surface area contributed by atoms with Crippen LogP contribution in [-0.2, 0) is 17.5 Å². The van der Waals surface area contributed by atoms with E-state index in [1.807, 2.05) is 34.9 Å². The lowest BCUT2D eigenvalue weighted by Crippen LogP contribution is -2.45. The molecular weight excluding hydrogens is 473 g/mol. The molecule has 0 spiro atoms. The van der Waals surface area contributed by atoms with Crippen molar-refractivity contribution in [1.29, 1.82) is 0 Å². The number of aromatic nitrogens is 2. The monoisotopic (exact) mass is 511 g/mol. The Hall–Kier alpha value is -2.97. The Morgan fingerprint density at radius 2 is 1.86 bits per heavy atom. The minimum absolute atomic E-state index is 0.0501. The highest BCUT2D eigenvalue weighted by Gasteiger charge is 2.40. The number of rotatable bonds is 11. The number of amides is 1. The highest BCUT2D eigenvalue weighted by Crippen LogP contribution is 2.39. The molecule has 0 aliphatic heterocycles. The molecule has 0 radical (unpaired) electrons. The highest BCUT2D eigenvalue weighted by atomic mass is 28.4. The van der Waals surface area contributed by atoms with Crippen LogP contribution in [0, 0.1) is 5.82 Å². The summed E-state index contributed by atoms with van der Waals surface area (Å²) >= 11 is 0. The predicted octanol–water partition coefficient (Wildman–Crippen LogP) is 6.28. The number of carbonyl (C=O) groups is 1. The van der Waals surface area contributed by atoms with Crippen molar-refractivity contribution in [3.8, 4) is 5.75 Å². The Morgan fingerprint density at radius 3 is 2.47 bits per heavy atom. The van der Waals surface area contributed by atoms with Crippen molar-refractivity contribution in [2.45, 2.75) is 77.4 Å². The van der Waals surface area contributed by atoms with E-state index in [0.717, 1.165) is 11.1 Å². The van der Waals surface area contributed by atoms with E-state index in [-0.39, 0.29) is 28.7 Å². The van der Waals surface area contributed by atoms with Crippen LogP contribution in [-0.4, -0.2) is 29.9 Å². The number of nitrogens with two attached hydrogens (primary N) is 1. The maximum absolute atomic E-state index is 14.1. The number of hydrogen-bond acceptors (Lipinski definition) is 4. The zero-order valence-corrected chi connectivity index (χ0v) is 23.1. The van der Waals surface area contributed by atoms with Gasteiger partial charge in [0.1, 0.15) is 23.9 Å². The molecule has 2 atom stereocenters. The summed E-state index contributed by atoms with van der Waals surface area (Å²) in [5, 5.41) is 0.0501. The topological polar surface area (TPSA) is 79.4 Å². The first-order valence-corrected chi connectivity index (χ1v) is 15.2.